The molecule has 2 nitrogen and oxygen atoms in total. The van der Waals surface area contributed by atoms with Crippen LogP contribution in [0.15, 0.2) is 36.4 Å². The molecule has 1 saturated carbocycles. The second-order valence-corrected chi connectivity index (χ2v) is 5.62. The first-order valence-electron chi connectivity index (χ1n) is 6.63. The molecule has 0 aromatic heterocycles. The normalized spacial score (nSPS) is 36.4. The highest BCUT2D eigenvalue weighted by molar-refractivity contribution is 6.16. The molecule has 4 atom stereocenters. The first kappa shape index (κ1) is 10.2. The fourth-order valence-electron chi connectivity index (χ4n) is 3.98. The van der Waals surface area contributed by atoms with Gasteiger partial charge in [0.05, 0.1) is 0 Å². The Morgan fingerprint density at radius 2 is 1.22 bits per heavy atom. The molecule has 0 unspecified atom stereocenters. The lowest BCUT2D eigenvalue weighted by molar-refractivity contribution is 0.0520. The topological polar surface area (TPSA) is 34.1 Å². The van der Waals surface area contributed by atoms with Crippen LogP contribution in [-0.4, -0.2) is 11.6 Å². The number of ketones is 2. The molecule has 0 saturated heterocycles. The lowest BCUT2D eigenvalue weighted by atomic mass is 9.56. The summed E-state index contributed by atoms with van der Waals surface area (Å²) in [6.45, 7) is 0. The molecule has 0 N–H and O–H groups in total. The minimum atomic E-state index is -0.0869. The number of hydrogen-bond acceptors (Lipinski definition) is 2. The summed E-state index contributed by atoms with van der Waals surface area (Å²) in [7, 11) is 0. The number of fused-ring (bicyclic) bond motifs is 2. The van der Waals surface area contributed by atoms with Crippen molar-refractivity contribution in [3.8, 4) is 0 Å². The van der Waals surface area contributed by atoms with Crippen LogP contribution in [0.25, 0.3) is 0 Å². The van der Waals surface area contributed by atoms with Crippen LogP contribution in [0, 0.1) is 23.7 Å². The van der Waals surface area contributed by atoms with Gasteiger partial charge >= 0.3 is 0 Å². The maximum absolute atomic E-state index is 12.6. The van der Waals surface area contributed by atoms with Gasteiger partial charge < -0.3 is 0 Å². The van der Waals surface area contributed by atoms with Crippen LogP contribution in [0.4, 0.5) is 0 Å². The predicted octanol–water partition coefficient (Wildman–Crippen LogP) is 2.89. The molecular formula is C16H14O2. The van der Waals surface area contributed by atoms with Crippen molar-refractivity contribution in [3.63, 3.8) is 0 Å². The van der Waals surface area contributed by atoms with Gasteiger partial charge in [0.1, 0.15) is 0 Å². The van der Waals surface area contributed by atoms with E-state index in [1.165, 1.54) is 0 Å². The summed E-state index contributed by atoms with van der Waals surface area (Å²) in [5.74, 6) is 0.769. The quantitative estimate of drug-likeness (QED) is 0.651. The zero-order chi connectivity index (χ0) is 12.3. The predicted molar refractivity (Wildman–Crippen MR) is 67.4 cm³/mol. The Labute approximate surface area is 106 Å². The number of benzene rings is 1. The summed E-state index contributed by atoms with van der Waals surface area (Å²) in [4.78, 5) is 25.2. The van der Waals surface area contributed by atoms with Gasteiger partial charge in [-0.25, -0.2) is 0 Å². The van der Waals surface area contributed by atoms with Gasteiger partial charge in [-0.3, -0.25) is 9.59 Å². The van der Waals surface area contributed by atoms with Gasteiger partial charge in [-0.1, -0.05) is 36.4 Å². The Hall–Kier alpha value is -1.70. The summed E-state index contributed by atoms with van der Waals surface area (Å²) >= 11 is 0. The van der Waals surface area contributed by atoms with Crippen LogP contribution < -0.4 is 0 Å². The van der Waals surface area contributed by atoms with Crippen molar-refractivity contribution in [1.82, 2.24) is 0 Å². The molecule has 1 fully saturated rings. The van der Waals surface area contributed by atoms with Gasteiger partial charge in [0.25, 0.3) is 0 Å². The molecule has 4 aliphatic rings. The highest BCUT2D eigenvalue weighted by Gasteiger charge is 2.51. The van der Waals surface area contributed by atoms with E-state index < -0.39 is 0 Å². The Balaban J connectivity index is 1.92. The van der Waals surface area contributed by atoms with Gasteiger partial charge in [0, 0.05) is 23.0 Å². The highest BCUT2D eigenvalue weighted by atomic mass is 16.1. The second kappa shape index (κ2) is 3.41. The Morgan fingerprint density at radius 1 is 0.778 bits per heavy atom. The smallest absolute Gasteiger partial charge is 0.168 e. The van der Waals surface area contributed by atoms with Crippen molar-refractivity contribution in [2.45, 2.75) is 12.8 Å². The summed E-state index contributed by atoms with van der Waals surface area (Å²) in [5, 5.41) is 0. The van der Waals surface area contributed by atoms with Gasteiger partial charge in [-0.15, -0.1) is 0 Å². The summed E-state index contributed by atoms with van der Waals surface area (Å²) in [6.07, 6.45) is 6.44. The minimum Gasteiger partial charge on any atom is -0.294 e. The molecule has 0 radical (unpaired) electrons. The molecule has 90 valence electrons. The maximum Gasteiger partial charge on any atom is 0.168 e. The molecule has 1 aromatic carbocycles. The molecule has 18 heavy (non-hydrogen) atoms. The monoisotopic (exact) mass is 238 g/mol. The molecular weight excluding hydrogens is 224 g/mol. The van der Waals surface area contributed by atoms with E-state index in [-0.39, 0.29) is 35.2 Å². The van der Waals surface area contributed by atoms with E-state index in [0.717, 1.165) is 12.8 Å². The molecule has 1 aromatic rings. The number of Topliss-reactive ketones (excluding diaryl/α,β-unsaturated/α-hetero) is 2. The molecule has 4 aliphatic carbocycles. The standard InChI is InChI=1S/C16H14O2/c17-15-11-3-1-2-4-12(11)16(18)14-10-7-5-9(6-8-10)13(14)15/h1-5,7,9-10,13-14H,6,8H2/t9-,10-,13-,14+/m0/s1. The SMILES string of the molecule is O=C1c2ccccc2C(=O)[C@H]2[C@@H]1[C@H]1C=C[C@H]2CC1. The Kier molecular flexibility index (Phi) is 1.94. The third-order valence-electron chi connectivity index (χ3n) is 4.81. The molecule has 0 spiro atoms. The lowest BCUT2D eigenvalue weighted by Gasteiger charge is -2.45. The maximum atomic E-state index is 12.6. The molecule has 0 aliphatic heterocycles. The van der Waals surface area contributed by atoms with Gasteiger partial charge in [0.15, 0.2) is 11.6 Å². The summed E-state index contributed by atoms with van der Waals surface area (Å²) in [6, 6.07) is 7.30. The van der Waals surface area contributed by atoms with E-state index >= 15 is 0 Å². The first-order chi connectivity index (χ1) is 8.77. The summed E-state index contributed by atoms with van der Waals surface area (Å²) in [5.41, 5.74) is 1.29. The van der Waals surface area contributed by atoms with Gasteiger partial charge in [-0.05, 0) is 24.7 Å². The van der Waals surface area contributed by atoms with E-state index in [0.29, 0.717) is 11.1 Å². The van der Waals surface area contributed by atoms with Crippen LogP contribution in [-0.2, 0) is 0 Å². The van der Waals surface area contributed by atoms with Crippen molar-refractivity contribution in [2.75, 3.05) is 0 Å². The van der Waals surface area contributed by atoms with E-state index in [9.17, 15) is 9.59 Å². The second-order valence-electron chi connectivity index (χ2n) is 5.62. The number of carbonyl (C=O) groups is 2. The van der Waals surface area contributed by atoms with Crippen molar-refractivity contribution >= 4 is 11.6 Å². The van der Waals surface area contributed by atoms with Crippen molar-refractivity contribution in [3.05, 3.63) is 47.5 Å². The minimum absolute atomic E-state index is 0.0869. The van der Waals surface area contributed by atoms with Crippen molar-refractivity contribution in [1.29, 1.82) is 0 Å². The third kappa shape index (κ3) is 1.13. The van der Waals surface area contributed by atoms with Crippen LogP contribution in [0.2, 0.25) is 0 Å². The van der Waals surface area contributed by atoms with Gasteiger partial charge in [0.2, 0.25) is 0 Å². The average molecular weight is 238 g/mol. The fraction of sp³-hybridized carbons (Fsp3) is 0.375. The number of carbonyl (C=O) groups excluding carboxylic acids is 2. The zero-order valence-electron chi connectivity index (χ0n) is 10.0. The molecule has 0 amide bonds. The number of rotatable bonds is 0. The zero-order valence-corrected chi connectivity index (χ0v) is 10.0. The number of hydrogen-bond donors (Lipinski definition) is 0. The first-order valence-corrected chi connectivity index (χ1v) is 6.63. The van der Waals surface area contributed by atoms with E-state index in [1.54, 1.807) is 12.1 Å². The van der Waals surface area contributed by atoms with Crippen molar-refractivity contribution < 1.29 is 9.59 Å². The molecule has 5 rings (SSSR count). The largest absolute Gasteiger partial charge is 0.294 e. The highest BCUT2D eigenvalue weighted by Crippen LogP contribution is 2.49. The third-order valence-corrected chi connectivity index (χ3v) is 4.81. The van der Waals surface area contributed by atoms with Crippen LogP contribution in [0.3, 0.4) is 0 Å². The average Bonchev–Trinajstić information content (AvgIpc) is 2.45. The molecule has 0 heterocycles. The van der Waals surface area contributed by atoms with Crippen LogP contribution in [0.5, 0.6) is 0 Å². The van der Waals surface area contributed by atoms with Crippen LogP contribution in [0.1, 0.15) is 33.6 Å². The fourth-order valence-corrected chi connectivity index (χ4v) is 3.98. The summed E-state index contributed by atoms with van der Waals surface area (Å²) < 4.78 is 0. The lowest BCUT2D eigenvalue weighted by Crippen LogP contribution is -2.48. The van der Waals surface area contributed by atoms with Gasteiger partial charge in [-0.2, -0.15) is 0 Å². The number of allylic oxidation sites excluding steroid dienone is 2. The van der Waals surface area contributed by atoms with Crippen LogP contribution >= 0.6 is 0 Å². The van der Waals surface area contributed by atoms with Crippen molar-refractivity contribution in [2.24, 2.45) is 23.7 Å². The molecule has 2 bridgehead atoms. The Bertz CT molecular complexity index is 534. The van der Waals surface area contributed by atoms with E-state index in [1.807, 2.05) is 12.1 Å². The van der Waals surface area contributed by atoms with E-state index in [2.05, 4.69) is 12.2 Å². The Morgan fingerprint density at radius 3 is 1.61 bits per heavy atom. The van der Waals surface area contributed by atoms with E-state index in [4.69, 9.17) is 0 Å². The molecule has 2 heteroatoms.